The lowest BCUT2D eigenvalue weighted by atomic mass is 10.0. The number of rotatable bonds is 3. The van der Waals surface area contributed by atoms with Crippen molar-refractivity contribution in [1.29, 1.82) is 0 Å². The summed E-state index contributed by atoms with van der Waals surface area (Å²) in [6, 6.07) is 0. The number of aromatic nitrogens is 4. The Morgan fingerprint density at radius 3 is 1.48 bits per heavy atom. The zero-order valence-electron chi connectivity index (χ0n) is 16.9. The van der Waals surface area contributed by atoms with Crippen molar-refractivity contribution in [1.82, 2.24) is 19.6 Å². The van der Waals surface area contributed by atoms with E-state index in [0.717, 1.165) is 4.68 Å². The van der Waals surface area contributed by atoms with Crippen molar-refractivity contribution in [3.05, 3.63) is 33.9 Å². The Labute approximate surface area is 156 Å². The third-order valence-electron chi connectivity index (χ3n) is 4.21. The predicted molar refractivity (Wildman–Crippen MR) is 94.0 cm³/mol. The molecule has 0 N–H and O–H groups in total. The Morgan fingerprint density at radius 2 is 1.19 bits per heavy atom. The maximum absolute atomic E-state index is 12.6. The molecule has 0 aliphatic carbocycles. The molecular formula is C18H27F5N4. The summed E-state index contributed by atoms with van der Waals surface area (Å²) >= 11 is 0. The summed E-state index contributed by atoms with van der Waals surface area (Å²) in [5, 5.41) is 7.79. The minimum atomic E-state index is -4.32. The van der Waals surface area contributed by atoms with E-state index in [0.29, 0.717) is 22.5 Å². The Morgan fingerprint density at radius 1 is 0.778 bits per heavy atom. The van der Waals surface area contributed by atoms with E-state index >= 15 is 0 Å². The molecule has 2 aromatic rings. The number of hydrogen-bond acceptors (Lipinski definition) is 2. The van der Waals surface area contributed by atoms with Gasteiger partial charge in [-0.1, -0.05) is 27.7 Å². The molecule has 0 saturated carbocycles. The molecule has 0 spiro atoms. The summed E-state index contributed by atoms with van der Waals surface area (Å²) in [6.07, 6.45) is -6.76. The molecule has 4 nitrogen and oxygen atoms in total. The highest BCUT2D eigenvalue weighted by Crippen LogP contribution is 2.36. The van der Waals surface area contributed by atoms with Crippen LogP contribution in [0.25, 0.3) is 0 Å². The van der Waals surface area contributed by atoms with Gasteiger partial charge in [0.1, 0.15) is 11.4 Å². The van der Waals surface area contributed by atoms with Crippen molar-refractivity contribution in [2.24, 2.45) is 14.1 Å². The average molecular weight is 394 g/mol. The topological polar surface area (TPSA) is 35.6 Å². The molecule has 0 aliphatic rings. The van der Waals surface area contributed by atoms with E-state index in [1.807, 2.05) is 13.8 Å². The van der Waals surface area contributed by atoms with Crippen molar-refractivity contribution in [3.8, 4) is 0 Å². The lowest BCUT2D eigenvalue weighted by Gasteiger charge is -2.12. The number of nitrogens with zero attached hydrogens (tertiary/aromatic N) is 4. The molecule has 0 amide bonds. The fourth-order valence-corrected chi connectivity index (χ4v) is 3.37. The van der Waals surface area contributed by atoms with Gasteiger partial charge in [-0.2, -0.15) is 23.4 Å². The minimum Gasteiger partial charge on any atom is -0.266 e. The highest BCUT2D eigenvalue weighted by Gasteiger charge is 2.39. The van der Waals surface area contributed by atoms with E-state index < -0.39 is 18.3 Å². The molecule has 2 aromatic heterocycles. The van der Waals surface area contributed by atoms with Gasteiger partial charge in [0, 0.05) is 25.2 Å². The van der Waals surface area contributed by atoms with Gasteiger partial charge < -0.3 is 0 Å². The summed E-state index contributed by atoms with van der Waals surface area (Å²) in [6.45, 7) is 10.6. The summed E-state index contributed by atoms with van der Waals surface area (Å²) in [5.41, 5.74) is 1.54. The van der Waals surface area contributed by atoms with Crippen molar-refractivity contribution in [3.63, 3.8) is 0 Å². The van der Waals surface area contributed by atoms with Crippen LogP contribution in [0.2, 0.25) is 0 Å². The van der Waals surface area contributed by atoms with Crippen LogP contribution in [0.4, 0.5) is 22.0 Å². The molecule has 0 bridgehead atoms. The minimum absolute atomic E-state index is 0.0486. The molecule has 154 valence electrons. The van der Waals surface area contributed by atoms with Crippen LogP contribution in [0.3, 0.4) is 0 Å². The Balaban J connectivity index is 0.000000271. The summed E-state index contributed by atoms with van der Waals surface area (Å²) in [5.74, 6) is -0.0713. The molecule has 0 atom stereocenters. The van der Waals surface area contributed by atoms with E-state index in [9.17, 15) is 22.0 Å². The second kappa shape index (κ2) is 8.39. The van der Waals surface area contributed by atoms with Crippen molar-refractivity contribution < 1.29 is 22.0 Å². The smallest absolute Gasteiger partial charge is 0.266 e. The van der Waals surface area contributed by atoms with Crippen LogP contribution in [0.15, 0.2) is 0 Å². The fraction of sp³-hybridized carbons (Fsp3) is 0.667. The second-order valence-electron chi connectivity index (χ2n) is 7.09. The quantitative estimate of drug-likeness (QED) is 0.630. The van der Waals surface area contributed by atoms with Crippen LogP contribution in [0.5, 0.6) is 0 Å². The van der Waals surface area contributed by atoms with Gasteiger partial charge in [0.25, 0.3) is 6.43 Å². The van der Waals surface area contributed by atoms with Crippen molar-refractivity contribution in [2.45, 2.75) is 66.0 Å². The van der Waals surface area contributed by atoms with E-state index in [2.05, 4.69) is 10.2 Å². The monoisotopic (exact) mass is 394 g/mol. The molecule has 0 unspecified atom stereocenters. The summed E-state index contributed by atoms with van der Waals surface area (Å²) in [7, 11) is 2.88. The van der Waals surface area contributed by atoms with E-state index in [4.69, 9.17) is 0 Å². The van der Waals surface area contributed by atoms with Gasteiger partial charge in [-0.15, -0.1) is 0 Å². The third-order valence-corrected chi connectivity index (χ3v) is 4.21. The van der Waals surface area contributed by atoms with Crippen LogP contribution in [0.1, 0.15) is 79.9 Å². The molecule has 2 rings (SSSR count). The highest BCUT2D eigenvalue weighted by molar-refractivity contribution is 5.31. The maximum atomic E-state index is 12.6. The van der Waals surface area contributed by atoms with Crippen LogP contribution < -0.4 is 0 Å². The number of halogens is 5. The lowest BCUT2D eigenvalue weighted by Crippen LogP contribution is -2.14. The second-order valence-corrected chi connectivity index (χ2v) is 7.09. The molecule has 9 heteroatoms. The molecule has 2 heterocycles. The first kappa shape index (κ1) is 23.1. The largest absolute Gasteiger partial charge is 0.433 e. The number of alkyl halides is 5. The molecular weight excluding hydrogens is 367 g/mol. The normalized spacial score (nSPS) is 12.1. The molecule has 0 fully saturated rings. The van der Waals surface area contributed by atoms with Gasteiger partial charge in [0.15, 0.2) is 0 Å². The Hall–Kier alpha value is -1.93. The summed E-state index contributed by atoms with van der Waals surface area (Å²) in [4.78, 5) is 0. The number of aryl methyl sites for hydroxylation is 4. The zero-order valence-corrected chi connectivity index (χ0v) is 16.9. The molecule has 0 aromatic carbocycles. The first-order valence-corrected chi connectivity index (χ1v) is 8.62. The third kappa shape index (κ3) is 5.07. The average Bonchev–Trinajstić information content (AvgIpc) is 2.94. The first-order valence-electron chi connectivity index (χ1n) is 8.62. The highest BCUT2D eigenvalue weighted by atomic mass is 19.4. The van der Waals surface area contributed by atoms with Crippen LogP contribution in [0, 0.1) is 13.8 Å². The zero-order chi connectivity index (χ0) is 21.3. The van der Waals surface area contributed by atoms with Gasteiger partial charge in [0.05, 0.1) is 11.4 Å². The van der Waals surface area contributed by atoms with E-state index in [-0.39, 0.29) is 17.5 Å². The molecule has 0 radical (unpaired) electrons. The van der Waals surface area contributed by atoms with Crippen LogP contribution >= 0.6 is 0 Å². The predicted octanol–water partition coefficient (Wildman–Crippen LogP) is 5.66. The van der Waals surface area contributed by atoms with Gasteiger partial charge >= 0.3 is 6.18 Å². The maximum Gasteiger partial charge on any atom is 0.433 e. The van der Waals surface area contributed by atoms with Crippen LogP contribution in [-0.4, -0.2) is 19.6 Å². The van der Waals surface area contributed by atoms with E-state index in [1.54, 1.807) is 34.7 Å². The Kier molecular flexibility index (Phi) is 7.18. The Bertz CT molecular complexity index is 741. The van der Waals surface area contributed by atoms with Gasteiger partial charge in [-0.05, 0) is 25.7 Å². The molecule has 0 aliphatic heterocycles. The SMILES string of the molecule is Cc1nn(C)c(C(F)(F)F)c1C(C)C.Cc1nn(C)c(C(F)F)c1C(C)C. The van der Waals surface area contributed by atoms with Gasteiger partial charge in [-0.25, -0.2) is 8.78 Å². The van der Waals surface area contributed by atoms with Crippen molar-refractivity contribution >= 4 is 0 Å². The summed E-state index contributed by atoms with van der Waals surface area (Å²) < 4.78 is 65.2. The van der Waals surface area contributed by atoms with E-state index in [1.165, 1.54) is 11.7 Å². The molecule has 0 saturated heterocycles. The van der Waals surface area contributed by atoms with Crippen molar-refractivity contribution in [2.75, 3.05) is 0 Å². The first-order chi connectivity index (χ1) is 12.2. The number of hydrogen-bond donors (Lipinski definition) is 0. The molecule has 27 heavy (non-hydrogen) atoms. The van der Waals surface area contributed by atoms with Gasteiger partial charge in [0.2, 0.25) is 0 Å². The standard InChI is InChI=1S/C9H13F3N2.C9H14F2N2/c1-5(2)7-6(3)13-14(4)8(7)9(10,11)12;1-5(2)7-6(3)12-13(4)8(7)9(10)11/h5H,1-4H3;5,9H,1-4H3. The van der Waals surface area contributed by atoms with Crippen LogP contribution in [-0.2, 0) is 20.3 Å². The lowest BCUT2D eigenvalue weighted by molar-refractivity contribution is -0.144. The van der Waals surface area contributed by atoms with Gasteiger partial charge in [-0.3, -0.25) is 9.36 Å². The fourth-order valence-electron chi connectivity index (χ4n) is 3.37.